The summed E-state index contributed by atoms with van der Waals surface area (Å²) < 4.78 is 11.2. The summed E-state index contributed by atoms with van der Waals surface area (Å²) in [6, 6.07) is 25.3. The SMILES string of the molecule is CC1CN(CC(=O)N(CCNC(=O)OCC2c3ccccc3-c3ccccc32)CC(=O)O)C(O)N(COCc2ccccc2)C1=O. The highest BCUT2D eigenvalue weighted by molar-refractivity contribution is 5.84. The maximum absolute atomic E-state index is 13.2. The number of amides is 3. The topological polar surface area (TPSA) is 149 Å². The molecular formula is C34H38N4O8. The highest BCUT2D eigenvalue weighted by Crippen LogP contribution is 2.44. The molecule has 12 heteroatoms. The first-order valence-electron chi connectivity index (χ1n) is 15.2. The molecule has 242 valence electrons. The van der Waals surface area contributed by atoms with E-state index in [1.807, 2.05) is 78.9 Å². The number of carboxylic acids is 1. The number of aliphatic carboxylic acids is 1. The fourth-order valence-corrected chi connectivity index (χ4v) is 5.90. The van der Waals surface area contributed by atoms with Crippen molar-refractivity contribution >= 4 is 23.9 Å². The monoisotopic (exact) mass is 630 g/mol. The van der Waals surface area contributed by atoms with Gasteiger partial charge in [-0.05, 0) is 27.8 Å². The summed E-state index contributed by atoms with van der Waals surface area (Å²) in [5, 5.41) is 23.0. The van der Waals surface area contributed by atoms with E-state index in [0.29, 0.717) is 0 Å². The molecule has 1 aliphatic carbocycles. The van der Waals surface area contributed by atoms with E-state index in [4.69, 9.17) is 9.47 Å². The van der Waals surface area contributed by atoms with Gasteiger partial charge in [-0.3, -0.25) is 24.2 Å². The van der Waals surface area contributed by atoms with Crippen molar-refractivity contribution < 1.29 is 38.9 Å². The molecule has 3 aromatic rings. The van der Waals surface area contributed by atoms with Gasteiger partial charge in [-0.2, -0.15) is 0 Å². The summed E-state index contributed by atoms with van der Waals surface area (Å²) >= 11 is 0. The zero-order chi connectivity index (χ0) is 32.6. The van der Waals surface area contributed by atoms with Crippen LogP contribution in [-0.2, 0) is 30.5 Å². The fraction of sp³-hybridized carbons (Fsp3) is 0.353. The third-order valence-corrected chi connectivity index (χ3v) is 8.17. The number of carbonyl (C=O) groups excluding carboxylic acids is 3. The van der Waals surface area contributed by atoms with Crippen LogP contribution in [0.25, 0.3) is 11.1 Å². The maximum Gasteiger partial charge on any atom is 0.407 e. The minimum absolute atomic E-state index is 0.0490. The lowest BCUT2D eigenvalue weighted by atomic mass is 9.98. The molecule has 0 aromatic heterocycles. The second-order valence-corrected chi connectivity index (χ2v) is 11.4. The van der Waals surface area contributed by atoms with E-state index in [9.17, 15) is 29.4 Å². The van der Waals surface area contributed by atoms with Crippen LogP contribution in [-0.4, -0.2) is 101 Å². The van der Waals surface area contributed by atoms with E-state index in [2.05, 4.69) is 5.32 Å². The maximum atomic E-state index is 13.2. The number of aliphatic hydroxyl groups is 1. The number of benzene rings is 3. The molecule has 1 saturated heterocycles. The number of nitrogens with one attached hydrogen (secondary N) is 1. The number of alkyl carbamates (subject to hydrolysis) is 1. The lowest BCUT2D eigenvalue weighted by Crippen LogP contribution is -2.62. The van der Waals surface area contributed by atoms with Crippen LogP contribution in [0.5, 0.6) is 0 Å². The van der Waals surface area contributed by atoms with Crippen LogP contribution in [0.2, 0.25) is 0 Å². The van der Waals surface area contributed by atoms with Crippen LogP contribution in [0, 0.1) is 5.92 Å². The number of rotatable bonds is 13. The minimum Gasteiger partial charge on any atom is -0.480 e. The Bertz CT molecular complexity index is 1510. The molecule has 0 radical (unpaired) electrons. The Morgan fingerprint density at radius 1 is 0.957 bits per heavy atom. The molecule has 2 unspecified atom stereocenters. The van der Waals surface area contributed by atoms with Gasteiger partial charge in [0.05, 0.1) is 13.2 Å². The largest absolute Gasteiger partial charge is 0.480 e. The summed E-state index contributed by atoms with van der Waals surface area (Å²) in [5.41, 5.74) is 5.27. The van der Waals surface area contributed by atoms with E-state index in [-0.39, 0.29) is 57.9 Å². The first kappa shape index (κ1) is 32.6. The number of carbonyl (C=O) groups is 4. The van der Waals surface area contributed by atoms with Gasteiger partial charge >= 0.3 is 12.1 Å². The van der Waals surface area contributed by atoms with Crippen LogP contribution < -0.4 is 5.32 Å². The number of nitrogens with zero attached hydrogens (tertiary/aromatic N) is 3. The summed E-state index contributed by atoms with van der Waals surface area (Å²) in [5.74, 6) is -2.77. The number of aliphatic hydroxyl groups excluding tert-OH is 1. The molecule has 12 nitrogen and oxygen atoms in total. The van der Waals surface area contributed by atoms with Gasteiger partial charge in [-0.15, -0.1) is 0 Å². The zero-order valence-electron chi connectivity index (χ0n) is 25.6. The van der Waals surface area contributed by atoms with Crippen LogP contribution in [0.4, 0.5) is 4.79 Å². The number of fused-ring (bicyclic) bond motifs is 3. The van der Waals surface area contributed by atoms with Crippen molar-refractivity contribution in [1.29, 1.82) is 0 Å². The Morgan fingerprint density at radius 3 is 2.24 bits per heavy atom. The molecule has 1 fully saturated rings. The highest BCUT2D eigenvalue weighted by atomic mass is 16.5. The second-order valence-electron chi connectivity index (χ2n) is 11.4. The normalized spacial score (nSPS) is 17.7. The predicted octanol–water partition coefficient (Wildman–Crippen LogP) is 2.67. The van der Waals surface area contributed by atoms with E-state index < -0.39 is 36.8 Å². The lowest BCUT2D eigenvalue weighted by Gasteiger charge is -2.42. The standard InChI is InChI=1S/C34H38N4O8/c1-23-17-37(34(44)38(32(23)42)22-45-20-24-9-3-2-4-10-24)18-30(39)36(19-31(40)41)16-15-35-33(43)46-21-29-27-13-7-5-11-25(27)26-12-6-8-14-28(26)29/h2-14,23,29,34,44H,15-22H2,1H3,(H,35,43)(H,40,41). The van der Waals surface area contributed by atoms with Gasteiger partial charge in [-0.25, -0.2) is 4.79 Å². The molecular weight excluding hydrogens is 592 g/mol. The third kappa shape index (κ3) is 7.71. The molecule has 2 atom stereocenters. The Balaban J connectivity index is 1.12. The minimum atomic E-state index is -1.44. The summed E-state index contributed by atoms with van der Waals surface area (Å²) in [7, 11) is 0. The van der Waals surface area contributed by atoms with Gasteiger partial charge in [0.15, 0.2) is 6.35 Å². The van der Waals surface area contributed by atoms with Crippen molar-refractivity contribution in [3.8, 4) is 11.1 Å². The van der Waals surface area contributed by atoms with E-state index in [1.54, 1.807) is 6.92 Å². The average molecular weight is 631 g/mol. The van der Waals surface area contributed by atoms with Gasteiger partial charge < -0.3 is 29.9 Å². The second kappa shape index (κ2) is 15.0. The number of hydrogen-bond acceptors (Lipinski definition) is 8. The molecule has 3 amide bonds. The molecule has 5 rings (SSSR count). The first-order chi connectivity index (χ1) is 22.2. The van der Waals surface area contributed by atoms with Gasteiger partial charge in [0, 0.05) is 31.5 Å². The molecule has 0 spiro atoms. The van der Waals surface area contributed by atoms with Gasteiger partial charge in [0.2, 0.25) is 11.8 Å². The number of hydrogen-bond donors (Lipinski definition) is 3. The van der Waals surface area contributed by atoms with Gasteiger partial charge in [-0.1, -0.05) is 85.8 Å². The van der Waals surface area contributed by atoms with Crippen LogP contribution in [0.15, 0.2) is 78.9 Å². The predicted molar refractivity (Wildman–Crippen MR) is 167 cm³/mol. The van der Waals surface area contributed by atoms with Crippen molar-refractivity contribution in [2.45, 2.75) is 25.8 Å². The number of carboxylic acid groups (broad SMARTS) is 1. The Hall–Kier alpha value is -4.78. The molecule has 2 aliphatic rings. The molecule has 1 aliphatic heterocycles. The van der Waals surface area contributed by atoms with Crippen LogP contribution in [0.3, 0.4) is 0 Å². The van der Waals surface area contributed by atoms with Crippen molar-refractivity contribution in [3.05, 3.63) is 95.6 Å². The summed E-state index contributed by atoms with van der Waals surface area (Å²) in [6.45, 7) is 0.848. The van der Waals surface area contributed by atoms with Crippen LogP contribution >= 0.6 is 0 Å². The molecule has 46 heavy (non-hydrogen) atoms. The fourth-order valence-electron chi connectivity index (χ4n) is 5.90. The molecule has 0 saturated carbocycles. The molecule has 1 heterocycles. The molecule has 3 N–H and O–H groups in total. The highest BCUT2D eigenvalue weighted by Gasteiger charge is 2.38. The first-order valence-corrected chi connectivity index (χ1v) is 15.2. The zero-order valence-corrected chi connectivity index (χ0v) is 25.6. The van der Waals surface area contributed by atoms with Crippen LogP contribution in [0.1, 0.15) is 29.5 Å². The van der Waals surface area contributed by atoms with Gasteiger partial charge in [0.1, 0.15) is 19.9 Å². The Kier molecular flexibility index (Phi) is 10.6. The number of ether oxygens (including phenoxy) is 2. The van der Waals surface area contributed by atoms with Crippen molar-refractivity contribution in [3.63, 3.8) is 0 Å². The third-order valence-electron chi connectivity index (χ3n) is 8.17. The average Bonchev–Trinajstić information content (AvgIpc) is 3.37. The van der Waals surface area contributed by atoms with E-state index in [1.165, 1.54) is 4.90 Å². The van der Waals surface area contributed by atoms with Crippen molar-refractivity contribution in [2.75, 3.05) is 46.1 Å². The smallest absolute Gasteiger partial charge is 0.407 e. The van der Waals surface area contributed by atoms with Gasteiger partial charge in [0.25, 0.3) is 0 Å². The summed E-state index contributed by atoms with van der Waals surface area (Å²) in [4.78, 5) is 53.8. The Labute approximate surface area is 267 Å². The lowest BCUT2D eigenvalue weighted by molar-refractivity contribution is -0.197. The quantitative estimate of drug-likeness (QED) is 0.259. The molecule has 3 aromatic carbocycles. The van der Waals surface area contributed by atoms with E-state index >= 15 is 0 Å². The van der Waals surface area contributed by atoms with E-state index in [0.717, 1.165) is 37.6 Å². The van der Waals surface area contributed by atoms with Crippen molar-refractivity contribution in [1.82, 2.24) is 20.0 Å². The summed E-state index contributed by atoms with van der Waals surface area (Å²) in [6.07, 6.45) is -2.12. The Morgan fingerprint density at radius 2 is 1.59 bits per heavy atom. The molecule has 0 bridgehead atoms. The van der Waals surface area contributed by atoms with Crippen molar-refractivity contribution in [2.24, 2.45) is 5.92 Å².